The monoisotopic (exact) mass is 349 g/mol. The van der Waals surface area contributed by atoms with Gasteiger partial charge in [0.1, 0.15) is 0 Å². The predicted octanol–water partition coefficient (Wildman–Crippen LogP) is 3.07. The first-order valence-corrected chi connectivity index (χ1v) is 6.83. The fraction of sp³-hybridized carbons (Fsp3) is 0.0714. The van der Waals surface area contributed by atoms with Gasteiger partial charge in [0.15, 0.2) is 0 Å². The van der Waals surface area contributed by atoms with Gasteiger partial charge in [0.05, 0.1) is 4.92 Å². The Morgan fingerprint density at radius 2 is 1.90 bits per heavy atom. The van der Waals surface area contributed by atoms with Crippen molar-refractivity contribution >= 4 is 33.2 Å². The molecule has 0 aliphatic carbocycles. The van der Waals surface area contributed by atoms with Crippen LogP contribution in [0.1, 0.15) is 15.9 Å². The van der Waals surface area contributed by atoms with Gasteiger partial charge in [-0.25, -0.2) is 0 Å². The first kappa shape index (κ1) is 15.0. The number of nitrogens with zero attached hydrogens (tertiary/aromatic N) is 1. The van der Waals surface area contributed by atoms with Crippen molar-refractivity contribution in [2.45, 2.75) is 6.54 Å². The fourth-order valence-electron chi connectivity index (χ4n) is 1.82. The molecule has 3 N–H and O–H groups in total. The Balaban J connectivity index is 2.14. The lowest BCUT2D eigenvalue weighted by molar-refractivity contribution is -0.385. The highest BCUT2D eigenvalue weighted by Crippen LogP contribution is 2.24. The number of amides is 1. The number of nitro groups is 1. The van der Waals surface area contributed by atoms with E-state index in [0.717, 1.165) is 10.2 Å². The summed E-state index contributed by atoms with van der Waals surface area (Å²) in [5.41, 5.74) is 6.93. The second-order valence-electron chi connectivity index (χ2n) is 4.33. The lowest BCUT2D eigenvalue weighted by Gasteiger charge is -2.08. The van der Waals surface area contributed by atoms with Crippen LogP contribution < -0.4 is 11.1 Å². The van der Waals surface area contributed by atoms with E-state index in [9.17, 15) is 14.9 Å². The summed E-state index contributed by atoms with van der Waals surface area (Å²) < 4.78 is 0.772. The Labute approximate surface area is 129 Å². The summed E-state index contributed by atoms with van der Waals surface area (Å²) >= 11 is 3.30. The number of hydrogen-bond donors (Lipinski definition) is 2. The van der Waals surface area contributed by atoms with Gasteiger partial charge in [0.2, 0.25) is 5.91 Å². The topological polar surface area (TPSA) is 98.3 Å². The van der Waals surface area contributed by atoms with Gasteiger partial charge in [-0.2, -0.15) is 0 Å². The van der Waals surface area contributed by atoms with Crippen LogP contribution in [0.25, 0.3) is 0 Å². The van der Waals surface area contributed by atoms with E-state index in [0.29, 0.717) is 17.7 Å². The maximum atomic E-state index is 11.0. The van der Waals surface area contributed by atoms with Crippen LogP contribution in [0.5, 0.6) is 0 Å². The first-order valence-electron chi connectivity index (χ1n) is 6.04. The molecule has 0 aliphatic rings. The van der Waals surface area contributed by atoms with Crippen LogP contribution in [0.3, 0.4) is 0 Å². The van der Waals surface area contributed by atoms with Crippen LogP contribution in [-0.2, 0) is 6.54 Å². The van der Waals surface area contributed by atoms with Gasteiger partial charge in [-0.15, -0.1) is 0 Å². The zero-order chi connectivity index (χ0) is 15.4. The molecule has 0 spiro atoms. The maximum absolute atomic E-state index is 11.0. The smallest absolute Gasteiger partial charge is 0.274 e. The molecule has 108 valence electrons. The second-order valence-corrected chi connectivity index (χ2v) is 5.24. The van der Waals surface area contributed by atoms with E-state index in [4.69, 9.17) is 5.73 Å². The average Bonchev–Trinajstić information content (AvgIpc) is 2.45. The number of halogens is 1. The molecule has 2 aromatic carbocycles. The molecular weight excluding hydrogens is 338 g/mol. The summed E-state index contributed by atoms with van der Waals surface area (Å²) in [5.74, 6) is -0.496. The molecule has 2 aromatic rings. The van der Waals surface area contributed by atoms with Crippen molar-refractivity contribution in [2.75, 3.05) is 5.32 Å². The van der Waals surface area contributed by atoms with E-state index in [2.05, 4.69) is 21.2 Å². The lowest BCUT2D eigenvalue weighted by atomic mass is 10.1. The summed E-state index contributed by atoms with van der Waals surface area (Å²) in [6, 6.07) is 11.4. The lowest BCUT2D eigenvalue weighted by Crippen LogP contribution is -2.10. The van der Waals surface area contributed by atoms with Crippen molar-refractivity contribution in [3.05, 3.63) is 68.2 Å². The van der Waals surface area contributed by atoms with Crippen molar-refractivity contribution in [1.82, 2.24) is 0 Å². The molecule has 0 saturated heterocycles. The van der Waals surface area contributed by atoms with Gasteiger partial charge >= 0.3 is 0 Å². The van der Waals surface area contributed by atoms with Crippen molar-refractivity contribution < 1.29 is 9.72 Å². The number of nitrogens with one attached hydrogen (secondary N) is 1. The Morgan fingerprint density at radius 3 is 2.48 bits per heavy atom. The molecule has 0 atom stereocenters. The highest BCUT2D eigenvalue weighted by molar-refractivity contribution is 9.10. The number of rotatable bonds is 5. The molecule has 6 nitrogen and oxygen atoms in total. The van der Waals surface area contributed by atoms with E-state index in [1.54, 1.807) is 36.4 Å². The zero-order valence-electron chi connectivity index (χ0n) is 10.9. The molecule has 0 aromatic heterocycles. The van der Waals surface area contributed by atoms with Crippen molar-refractivity contribution in [2.24, 2.45) is 5.73 Å². The number of hydrogen-bond acceptors (Lipinski definition) is 4. The van der Waals surface area contributed by atoms with Crippen LogP contribution in [0, 0.1) is 10.1 Å². The fourth-order valence-corrected chi connectivity index (χ4v) is 2.23. The number of anilines is 1. The minimum Gasteiger partial charge on any atom is -0.381 e. The molecule has 0 radical (unpaired) electrons. The second kappa shape index (κ2) is 6.36. The SMILES string of the molecule is NC(=O)c1ccc(NCc2cc(Br)ccc2[N+](=O)[O-])cc1. The molecule has 0 unspecified atom stereocenters. The Morgan fingerprint density at radius 1 is 1.24 bits per heavy atom. The minimum absolute atomic E-state index is 0.0551. The van der Waals surface area contributed by atoms with Crippen molar-refractivity contribution in [3.63, 3.8) is 0 Å². The quantitative estimate of drug-likeness (QED) is 0.640. The van der Waals surface area contributed by atoms with Crippen LogP contribution in [0.15, 0.2) is 46.9 Å². The van der Waals surface area contributed by atoms with E-state index >= 15 is 0 Å². The standard InChI is InChI=1S/C14H12BrN3O3/c15-11-3-6-13(18(20)21)10(7-11)8-17-12-4-1-9(2-5-12)14(16)19/h1-7,17H,8H2,(H2,16,19). The van der Waals surface area contributed by atoms with Crippen molar-refractivity contribution in [3.8, 4) is 0 Å². The zero-order valence-corrected chi connectivity index (χ0v) is 12.5. The normalized spacial score (nSPS) is 10.1. The molecule has 0 saturated carbocycles. The molecule has 1 amide bonds. The van der Waals surface area contributed by atoms with Gasteiger partial charge in [0.25, 0.3) is 5.69 Å². The molecule has 0 bridgehead atoms. The van der Waals surface area contributed by atoms with Crippen LogP contribution >= 0.6 is 15.9 Å². The maximum Gasteiger partial charge on any atom is 0.274 e. The summed E-state index contributed by atoms with van der Waals surface area (Å²) in [5, 5.41) is 14.0. The van der Waals surface area contributed by atoms with Gasteiger partial charge in [-0.3, -0.25) is 14.9 Å². The predicted molar refractivity (Wildman–Crippen MR) is 83.1 cm³/mol. The number of nitrogens with two attached hydrogens (primary N) is 1. The van der Waals surface area contributed by atoms with Gasteiger partial charge in [-0.1, -0.05) is 15.9 Å². The van der Waals surface area contributed by atoms with Gasteiger partial charge in [0, 0.05) is 33.9 Å². The highest BCUT2D eigenvalue weighted by atomic mass is 79.9. The number of carbonyl (C=O) groups is 1. The summed E-state index contributed by atoms with van der Waals surface area (Å²) in [6.45, 7) is 0.297. The Bertz CT molecular complexity index is 686. The third-order valence-corrected chi connectivity index (χ3v) is 3.38. The first-order chi connectivity index (χ1) is 9.97. The van der Waals surface area contributed by atoms with Gasteiger partial charge in [-0.05, 0) is 36.4 Å². The minimum atomic E-state index is -0.496. The van der Waals surface area contributed by atoms with E-state index in [1.807, 2.05) is 0 Å². The van der Waals surface area contributed by atoms with Crippen LogP contribution in [0.2, 0.25) is 0 Å². The summed E-state index contributed by atoms with van der Waals surface area (Å²) in [7, 11) is 0. The number of nitro benzene ring substituents is 1. The molecule has 0 heterocycles. The molecule has 2 rings (SSSR count). The van der Waals surface area contributed by atoms with E-state index in [1.165, 1.54) is 6.07 Å². The Kier molecular flexibility index (Phi) is 4.54. The number of benzene rings is 2. The van der Waals surface area contributed by atoms with E-state index in [-0.39, 0.29) is 5.69 Å². The largest absolute Gasteiger partial charge is 0.381 e. The molecular formula is C14H12BrN3O3. The highest BCUT2D eigenvalue weighted by Gasteiger charge is 2.13. The van der Waals surface area contributed by atoms with Gasteiger partial charge < -0.3 is 11.1 Å². The molecule has 21 heavy (non-hydrogen) atoms. The summed E-state index contributed by atoms with van der Waals surface area (Å²) in [6.07, 6.45) is 0. The van der Waals surface area contributed by atoms with Crippen molar-refractivity contribution in [1.29, 1.82) is 0 Å². The third-order valence-electron chi connectivity index (χ3n) is 2.89. The van der Waals surface area contributed by atoms with Crippen LogP contribution in [-0.4, -0.2) is 10.8 Å². The van der Waals surface area contributed by atoms with Crippen LogP contribution in [0.4, 0.5) is 11.4 Å². The Hall–Kier alpha value is -2.41. The molecule has 0 fully saturated rings. The summed E-state index contributed by atoms with van der Waals surface area (Å²) in [4.78, 5) is 21.5. The average molecular weight is 350 g/mol. The number of primary amides is 1. The third kappa shape index (κ3) is 3.79. The molecule has 7 heteroatoms. The number of carbonyl (C=O) groups excluding carboxylic acids is 1. The molecule has 0 aliphatic heterocycles. The van der Waals surface area contributed by atoms with E-state index < -0.39 is 10.8 Å².